The average molecular weight is 690 g/mol. The van der Waals surface area contributed by atoms with Crippen molar-refractivity contribution in [2.24, 2.45) is 0 Å². The molecule has 1 N–H and O–H groups in total. The molecular weight excluding hydrogens is 652 g/mol. The van der Waals surface area contributed by atoms with Gasteiger partial charge in [-0.05, 0) is 60.7 Å². The van der Waals surface area contributed by atoms with Crippen LogP contribution in [0.1, 0.15) is 64.7 Å². The first-order chi connectivity index (χ1) is 23.2. The van der Waals surface area contributed by atoms with Gasteiger partial charge in [-0.25, -0.2) is 4.79 Å². The van der Waals surface area contributed by atoms with E-state index in [1.54, 1.807) is 29.2 Å². The maximum Gasteiger partial charge on any atom is 0.416 e. The van der Waals surface area contributed by atoms with Gasteiger partial charge in [-0.3, -0.25) is 9.69 Å². The number of likely N-dealkylation sites (tertiary alicyclic amines) is 2. The molecule has 3 aromatic carbocycles. The summed E-state index contributed by atoms with van der Waals surface area (Å²) >= 11 is 0. The second-order valence-electron chi connectivity index (χ2n) is 13.2. The van der Waals surface area contributed by atoms with Crippen LogP contribution in [0.5, 0.6) is 5.75 Å². The van der Waals surface area contributed by atoms with Crippen molar-refractivity contribution in [3.8, 4) is 5.75 Å². The summed E-state index contributed by atoms with van der Waals surface area (Å²) in [6, 6.07) is 16.5. The number of nitrogens with zero attached hydrogens (tertiary/aromatic N) is 3. The molecule has 0 bridgehead atoms. The van der Waals surface area contributed by atoms with Crippen LogP contribution in [0.2, 0.25) is 0 Å². The van der Waals surface area contributed by atoms with Crippen LogP contribution >= 0.6 is 0 Å². The van der Waals surface area contributed by atoms with Gasteiger partial charge in [0.2, 0.25) is 0 Å². The molecule has 3 heterocycles. The number of amides is 2. The molecule has 0 saturated carbocycles. The van der Waals surface area contributed by atoms with Crippen LogP contribution in [-0.4, -0.2) is 75.7 Å². The van der Waals surface area contributed by atoms with E-state index < -0.39 is 46.6 Å². The Kier molecular flexibility index (Phi) is 9.58. The number of benzene rings is 3. The van der Waals surface area contributed by atoms with Crippen LogP contribution in [-0.2, 0) is 30.1 Å². The van der Waals surface area contributed by atoms with E-state index in [0.29, 0.717) is 76.8 Å². The number of piperidine rings is 2. The lowest BCUT2D eigenvalue weighted by Gasteiger charge is -2.49. The van der Waals surface area contributed by atoms with Crippen molar-refractivity contribution in [1.29, 1.82) is 0 Å². The molecule has 0 aliphatic carbocycles. The van der Waals surface area contributed by atoms with Crippen LogP contribution in [0.25, 0.3) is 0 Å². The van der Waals surface area contributed by atoms with Gasteiger partial charge >= 0.3 is 18.4 Å². The molecule has 1 spiro atoms. The molecule has 1 unspecified atom stereocenters. The summed E-state index contributed by atoms with van der Waals surface area (Å²) in [4.78, 5) is 32.1. The van der Waals surface area contributed by atoms with Crippen LogP contribution in [0.4, 0.5) is 31.1 Å². The van der Waals surface area contributed by atoms with Gasteiger partial charge in [0.1, 0.15) is 11.4 Å². The summed E-state index contributed by atoms with van der Waals surface area (Å²) in [6.45, 7) is 2.36. The second kappa shape index (κ2) is 13.6. The molecule has 3 saturated heterocycles. The highest BCUT2D eigenvalue weighted by Crippen LogP contribution is 2.39. The number of ether oxygens (including phenoxy) is 1. The molecule has 3 aliphatic rings. The van der Waals surface area contributed by atoms with E-state index in [-0.39, 0.29) is 30.5 Å². The number of carbonyl (C=O) groups excluding carboxylic acids is 2. The third-order valence-electron chi connectivity index (χ3n) is 10.0. The number of rotatable bonds is 6. The molecule has 2 amide bonds. The number of halogens is 6. The van der Waals surface area contributed by atoms with E-state index in [9.17, 15) is 41.0 Å². The van der Waals surface area contributed by atoms with Gasteiger partial charge in [0.05, 0.1) is 11.1 Å². The van der Waals surface area contributed by atoms with Crippen LogP contribution in [0, 0.1) is 0 Å². The third-order valence-corrected chi connectivity index (χ3v) is 10.0. The zero-order chi connectivity index (χ0) is 35.0. The number of phenols is 1. The van der Waals surface area contributed by atoms with Crippen molar-refractivity contribution in [2.75, 3.05) is 26.2 Å². The second-order valence-corrected chi connectivity index (χ2v) is 13.2. The summed E-state index contributed by atoms with van der Waals surface area (Å²) in [5, 5.41) is 9.53. The summed E-state index contributed by atoms with van der Waals surface area (Å²) < 4.78 is 87.6. The lowest BCUT2D eigenvalue weighted by atomic mass is 9.84. The lowest BCUT2D eigenvalue weighted by Crippen LogP contribution is -2.58. The van der Waals surface area contributed by atoms with E-state index in [1.165, 1.54) is 4.90 Å². The maximum absolute atomic E-state index is 13.7. The summed E-state index contributed by atoms with van der Waals surface area (Å²) in [7, 11) is 0. The highest BCUT2D eigenvalue weighted by Gasteiger charge is 2.45. The predicted molar refractivity (Wildman–Crippen MR) is 168 cm³/mol. The number of aromatic hydroxyl groups is 1. The topological polar surface area (TPSA) is 73.3 Å². The largest absolute Gasteiger partial charge is 0.508 e. The molecule has 6 rings (SSSR count). The quantitative estimate of drug-likeness (QED) is 0.271. The van der Waals surface area contributed by atoms with Crippen LogP contribution in [0.3, 0.4) is 0 Å². The highest BCUT2D eigenvalue weighted by atomic mass is 19.4. The minimum absolute atomic E-state index is 0.0210. The van der Waals surface area contributed by atoms with Gasteiger partial charge in [0.15, 0.2) is 0 Å². The molecule has 7 nitrogen and oxygen atoms in total. The first kappa shape index (κ1) is 34.6. The average Bonchev–Trinajstić information content (AvgIpc) is 3.06. The number of hydrogen-bond donors (Lipinski definition) is 1. The number of alkyl halides is 6. The summed E-state index contributed by atoms with van der Waals surface area (Å²) in [6.07, 6.45) is -7.21. The lowest BCUT2D eigenvalue weighted by molar-refractivity contribution is -0.143. The number of hydrogen-bond acceptors (Lipinski definition) is 5. The Bertz CT molecular complexity index is 1610. The van der Waals surface area contributed by atoms with Crippen molar-refractivity contribution in [3.05, 3.63) is 101 Å². The Hall–Kier alpha value is -4.26. The Morgan fingerprint density at radius 1 is 0.816 bits per heavy atom. The van der Waals surface area contributed by atoms with E-state index in [2.05, 4.69) is 4.90 Å². The third kappa shape index (κ3) is 7.98. The molecular formula is C36H37F6N3O4. The molecule has 262 valence electrons. The zero-order valence-corrected chi connectivity index (χ0v) is 26.6. The fourth-order valence-corrected chi connectivity index (χ4v) is 7.30. The van der Waals surface area contributed by atoms with Gasteiger partial charge in [0.25, 0.3) is 5.91 Å². The van der Waals surface area contributed by atoms with Gasteiger partial charge in [0, 0.05) is 69.6 Å². The van der Waals surface area contributed by atoms with Crippen molar-refractivity contribution < 1.29 is 45.8 Å². The van der Waals surface area contributed by atoms with Gasteiger partial charge < -0.3 is 19.6 Å². The Morgan fingerprint density at radius 3 is 2.02 bits per heavy atom. The highest BCUT2D eigenvalue weighted by molar-refractivity contribution is 5.95. The predicted octanol–water partition coefficient (Wildman–Crippen LogP) is 7.52. The monoisotopic (exact) mass is 689 g/mol. The first-order valence-electron chi connectivity index (χ1n) is 16.3. The summed E-state index contributed by atoms with van der Waals surface area (Å²) in [5.74, 6) is -0.714. The molecule has 3 fully saturated rings. The van der Waals surface area contributed by atoms with E-state index in [0.717, 1.165) is 11.1 Å². The number of carbonyl (C=O) groups is 2. The number of phenolic OH excluding ortho intramolecular Hbond substituents is 1. The van der Waals surface area contributed by atoms with Crippen LogP contribution < -0.4 is 0 Å². The Balaban J connectivity index is 1.14. The fraction of sp³-hybridized carbons (Fsp3) is 0.444. The fourth-order valence-electron chi connectivity index (χ4n) is 7.30. The van der Waals surface area contributed by atoms with E-state index in [1.807, 2.05) is 30.3 Å². The maximum atomic E-state index is 13.7. The van der Waals surface area contributed by atoms with Crippen molar-refractivity contribution in [2.45, 2.75) is 75.1 Å². The SMILES string of the molecule is O=C1OC2(CCN1Cc1ccc(O)cc1)CCN(C1CCN(C(=O)c3cc(C(F)(F)F)cc(C(F)(F)F)c3)[C@H](Cc3ccccc3)C1)CC2. The van der Waals surface area contributed by atoms with Crippen molar-refractivity contribution in [3.63, 3.8) is 0 Å². The van der Waals surface area contributed by atoms with E-state index >= 15 is 0 Å². The van der Waals surface area contributed by atoms with Gasteiger partial charge in [-0.15, -0.1) is 0 Å². The van der Waals surface area contributed by atoms with Crippen LogP contribution in [0.15, 0.2) is 72.8 Å². The molecule has 3 aliphatic heterocycles. The smallest absolute Gasteiger partial charge is 0.416 e. The Labute approximate surface area is 280 Å². The molecule has 13 heteroatoms. The first-order valence-corrected chi connectivity index (χ1v) is 16.3. The van der Waals surface area contributed by atoms with Gasteiger partial charge in [-0.1, -0.05) is 42.5 Å². The van der Waals surface area contributed by atoms with Crippen molar-refractivity contribution >= 4 is 12.0 Å². The van der Waals surface area contributed by atoms with Gasteiger partial charge in [-0.2, -0.15) is 26.3 Å². The molecule has 0 radical (unpaired) electrons. The van der Waals surface area contributed by atoms with Crippen molar-refractivity contribution in [1.82, 2.24) is 14.7 Å². The Morgan fingerprint density at radius 2 is 1.43 bits per heavy atom. The molecule has 0 aromatic heterocycles. The standard InChI is InChI=1S/C36H37F6N3O4/c37-35(38,39)27-19-26(20-28(21-27)36(40,41)42)32(47)45-14-10-29(22-30(45)18-24-4-2-1-3-5-24)43-15-11-34(12-16-43)13-17-44(33(48)49-34)23-25-6-8-31(46)9-7-25/h1-9,19-21,29-30,46H,10-18,22-23H2/t29?,30-/m1/s1. The molecule has 3 aromatic rings. The minimum Gasteiger partial charge on any atom is -0.508 e. The summed E-state index contributed by atoms with van der Waals surface area (Å²) in [5.41, 5.74) is -2.49. The zero-order valence-electron chi connectivity index (χ0n) is 26.6. The normalized spacial score (nSPS) is 21.9. The minimum atomic E-state index is -5.06. The van der Waals surface area contributed by atoms with E-state index in [4.69, 9.17) is 4.74 Å². The molecule has 2 atom stereocenters. The molecule has 49 heavy (non-hydrogen) atoms.